The van der Waals surface area contributed by atoms with Gasteiger partial charge in [0, 0.05) is 6.42 Å². The van der Waals surface area contributed by atoms with Crippen LogP contribution in [0.5, 0.6) is 0 Å². The van der Waals surface area contributed by atoms with E-state index in [1.165, 1.54) is 12.8 Å². The summed E-state index contributed by atoms with van der Waals surface area (Å²) in [7, 11) is 0. The van der Waals surface area contributed by atoms with E-state index < -0.39 is 5.97 Å². The Hall–Kier alpha value is -0.610. The van der Waals surface area contributed by atoms with Crippen LogP contribution in [0.4, 0.5) is 0 Å². The molecule has 0 heterocycles. The van der Waals surface area contributed by atoms with E-state index in [2.05, 4.69) is 27.7 Å². The van der Waals surface area contributed by atoms with Crippen LogP contribution in [0, 0.1) is 40.4 Å². The van der Waals surface area contributed by atoms with Crippen LogP contribution in [0.25, 0.3) is 0 Å². The molecule has 3 rings (SSSR count). The number of aliphatic hydroxyl groups excluding tert-OH is 2. The second-order valence-corrected chi connectivity index (χ2v) is 11.4. The van der Waals surface area contributed by atoms with E-state index in [4.69, 9.17) is 5.11 Å². The van der Waals surface area contributed by atoms with Crippen LogP contribution in [0.3, 0.4) is 0 Å². The zero-order valence-electron chi connectivity index (χ0n) is 19.1. The first-order valence-corrected chi connectivity index (χ1v) is 12.2. The van der Waals surface area contributed by atoms with Crippen molar-refractivity contribution in [3.63, 3.8) is 0 Å². The van der Waals surface area contributed by atoms with Crippen molar-refractivity contribution in [1.82, 2.24) is 0 Å². The number of carbonyl (C=O) groups is 1. The Labute approximate surface area is 177 Å². The topological polar surface area (TPSA) is 77.8 Å². The first-order valence-electron chi connectivity index (χ1n) is 12.2. The lowest BCUT2D eigenvalue weighted by atomic mass is 9.45. The Balaban J connectivity index is 1.77. The van der Waals surface area contributed by atoms with Gasteiger partial charge in [-0.2, -0.15) is 0 Å². The van der Waals surface area contributed by atoms with Gasteiger partial charge < -0.3 is 15.3 Å². The first-order chi connectivity index (χ1) is 13.6. The summed E-state index contributed by atoms with van der Waals surface area (Å²) in [6.07, 6.45) is 10.0. The van der Waals surface area contributed by atoms with Crippen molar-refractivity contribution in [2.24, 2.45) is 40.4 Å². The number of aliphatic carboxylic acids is 1. The van der Waals surface area contributed by atoms with Crippen molar-refractivity contribution in [2.75, 3.05) is 0 Å². The SMILES string of the molecule is CCCC(C(C)CCC(=O)O)C1(C)CCC2C(C1)C(O)CC1CC(O)CCC12C. The van der Waals surface area contributed by atoms with Gasteiger partial charge in [-0.25, -0.2) is 0 Å². The predicted molar refractivity (Wildman–Crippen MR) is 115 cm³/mol. The summed E-state index contributed by atoms with van der Waals surface area (Å²) in [6.45, 7) is 9.35. The predicted octanol–water partition coefficient (Wildman–Crippen LogP) is 5.26. The maximum absolute atomic E-state index is 11.1. The summed E-state index contributed by atoms with van der Waals surface area (Å²) < 4.78 is 0. The second-order valence-electron chi connectivity index (χ2n) is 11.4. The monoisotopic (exact) mass is 408 g/mol. The zero-order chi connectivity index (χ0) is 21.4. The van der Waals surface area contributed by atoms with Crippen LogP contribution in [0.2, 0.25) is 0 Å². The minimum absolute atomic E-state index is 0.185. The number of carboxylic acids is 1. The molecule has 3 N–H and O–H groups in total. The van der Waals surface area contributed by atoms with Crippen molar-refractivity contribution in [3.05, 3.63) is 0 Å². The van der Waals surface area contributed by atoms with Gasteiger partial charge >= 0.3 is 5.97 Å². The van der Waals surface area contributed by atoms with Crippen LogP contribution in [0.1, 0.15) is 98.3 Å². The van der Waals surface area contributed by atoms with Crippen LogP contribution in [-0.4, -0.2) is 33.5 Å². The molecule has 0 bridgehead atoms. The number of rotatable bonds is 7. The number of carboxylic acid groups (broad SMARTS) is 1. The molecule has 0 spiro atoms. The molecule has 4 nitrogen and oxygen atoms in total. The third kappa shape index (κ3) is 4.54. The highest BCUT2D eigenvalue weighted by Crippen LogP contribution is 2.63. The highest BCUT2D eigenvalue weighted by atomic mass is 16.4. The molecular weight excluding hydrogens is 364 g/mol. The molecule has 0 amide bonds. The van der Waals surface area contributed by atoms with Gasteiger partial charge in [0.15, 0.2) is 0 Å². The van der Waals surface area contributed by atoms with E-state index in [0.29, 0.717) is 29.6 Å². The summed E-state index contributed by atoms with van der Waals surface area (Å²) in [5.41, 5.74) is 0.451. The Kier molecular flexibility index (Phi) is 7.05. The lowest BCUT2D eigenvalue weighted by Crippen LogP contribution is -2.56. The molecule has 9 atom stereocenters. The minimum atomic E-state index is -0.692. The number of fused-ring (bicyclic) bond motifs is 3. The maximum Gasteiger partial charge on any atom is 0.303 e. The van der Waals surface area contributed by atoms with Crippen LogP contribution in [0.15, 0.2) is 0 Å². The summed E-state index contributed by atoms with van der Waals surface area (Å²) in [4.78, 5) is 11.1. The second kappa shape index (κ2) is 8.86. The normalized spacial score (nSPS) is 44.4. The molecule has 168 valence electrons. The van der Waals surface area contributed by atoms with Crippen LogP contribution in [-0.2, 0) is 4.79 Å². The quantitative estimate of drug-likeness (QED) is 0.537. The van der Waals surface area contributed by atoms with Gasteiger partial charge in [-0.3, -0.25) is 4.79 Å². The van der Waals surface area contributed by atoms with Crippen molar-refractivity contribution in [2.45, 2.75) is 111 Å². The molecule has 0 radical (unpaired) electrons. The molecular formula is C25H44O4. The van der Waals surface area contributed by atoms with Crippen molar-refractivity contribution in [3.8, 4) is 0 Å². The van der Waals surface area contributed by atoms with Gasteiger partial charge in [-0.1, -0.05) is 34.1 Å². The smallest absolute Gasteiger partial charge is 0.303 e. The van der Waals surface area contributed by atoms with E-state index in [-0.39, 0.29) is 29.5 Å². The van der Waals surface area contributed by atoms with Gasteiger partial charge in [-0.15, -0.1) is 0 Å². The highest BCUT2D eigenvalue weighted by Gasteiger charge is 2.57. The molecule has 0 aliphatic heterocycles. The molecule has 3 saturated carbocycles. The summed E-state index contributed by atoms with van der Waals surface area (Å²) >= 11 is 0. The lowest BCUT2D eigenvalue weighted by Gasteiger charge is -2.61. The highest BCUT2D eigenvalue weighted by molar-refractivity contribution is 5.66. The Morgan fingerprint density at radius 3 is 2.48 bits per heavy atom. The standard InChI is InChI=1S/C25H44O4/c1-5-6-20(16(2)7-8-23(28)29)24(3)11-10-21-19(15-24)22(27)14-17-13-18(26)9-12-25(17,21)4/h16-22,26-27H,5-15H2,1-4H3,(H,28,29). The van der Waals surface area contributed by atoms with Crippen LogP contribution >= 0.6 is 0 Å². The van der Waals surface area contributed by atoms with Gasteiger partial charge in [0.05, 0.1) is 12.2 Å². The van der Waals surface area contributed by atoms with Gasteiger partial charge in [-0.05, 0) is 98.2 Å². The summed E-state index contributed by atoms with van der Waals surface area (Å²) in [5, 5.41) is 30.5. The average Bonchev–Trinajstić information content (AvgIpc) is 2.66. The third-order valence-electron chi connectivity index (χ3n) is 9.61. The van der Waals surface area contributed by atoms with E-state index in [1.807, 2.05) is 0 Å². The van der Waals surface area contributed by atoms with Crippen LogP contribution < -0.4 is 0 Å². The molecule has 3 aliphatic carbocycles. The molecule has 0 saturated heterocycles. The molecule has 9 unspecified atom stereocenters. The molecule has 3 fully saturated rings. The third-order valence-corrected chi connectivity index (χ3v) is 9.61. The molecule has 29 heavy (non-hydrogen) atoms. The van der Waals surface area contributed by atoms with Crippen molar-refractivity contribution in [1.29, 1.82) is 0 Å². The largest absolute Gasteiger partial charge is 0.481 e. The number of hydrogen-bond donors (Lipinski definition) is 3. The van der Waals surface area contributed by atoms with E-state index in [0.717, 1.165) is 51.4 Å². The molecule has 4 heteroatoms. The number of hydrogen-bond acceptors (Lipinski definition) is 3. The first kappa shape index (κ1) is 23.1. The molecule has 3 aliphatic rings. The summed E-state index contributed by atoms with van der Waals surface area (Å²) in [5.74, 6) is 1.61. The average molecular weight is 409 g/mol. The zero-order valence-corrected chi connectivity index (χ0v) is 19.1. The Bertz CT molecular complexity index is 577. The molecule has 0 aromatic rings. The van der Waals surface area contributed by atoms with E-state index in [1.54, 1.807) is 0 Å². The van der Waals surface area contributed by atoms with Gasteiger partial charge in [0.1, 0.15) is 0 Å². The fourth-order valence-corrected chi connectivity index (χ4v) is 7.94. The summed E-state index contributed by atoms with van der Waals surface area (Å²) in [6, 6.07) is 0. The Morgan fingerprint density at radius 2 is 1.83 bits per heavy atom. The van der Waals surface area contributed by atoms with E-state index >= 15 is 0 Å². The van der Waals surface area contributed by atoms with Crippen molar-refractivity contribution >= 4 is 5.97 Å². The minimum Gasteiger partial charge on any atom is -0.481 e. The lowest BCUT2D eigenvalue weighted by molar-refractivity contribution is -0.158. The van der Waals surface area contributed by atoms with Crippen molar-refractivity contribution < 1.29 is 20.1 Å². The fraction of sp³-hybridized carbons (Fsp3) is 0.960. The Morgan fingerprint density at radius 1 is 1.10 bits per heavy atom. The van der Waals surface area contributed by atoms with Gasteiger partial charge in [0.2, 0.25) is 0 Å². The maximum atomic E-state index is 11.1. The fourth-order valence-electron chi connectivity index (χ4n) is 7.94. The molecule has 0 aromatic heterocycles. The molecule has 0 aromatic carbocycles. The van der Waals surface area contributed by atoms with Gasteiger partial charge in [0.25, 0.3) is 0 Å². The number of aliphatic hydroxyl groups is 2. The van der Waals surface area contributed by atoms with E-state index in [9.17, 15) is 15.0 Å².